The summed E-state index contributed by atoms with van der Waals surface area (Å²) in [6.45, 7) is 16.1. The van der Waals surface area contributed by atoms with Crippen LogP contribution in [0.2, 0.25) is 0 Å². The molecule has 0 fully saturated rings. The van der Waals surface area contributed by atoms with Gasteiger partial charge in [0, 0.05) is 0 Å². The Morgan fingerprint density at radius 1 is 1.08 bits per heavy atom. The molecular formula is C12H27N. The lowest BCUT2D eigenvalue weighted by Gasteiger charge is -2.29. The second-order valence-corrected chi connectivity index (χ2v) is 5.49. The van der Waals surface area contributed by atoms with Crippen molar-refractivity contribution in [3.05, 3.63) is 0 Å². The smallest absolute Gasteiger partial charge is 0.00258 e. The molecule has 0 aromatic rings. The van der Waals surface area contributed by atoms with Gasteiger partial charge in [-0.15, -0.1) is 0 Å². The van der Waals surface area contributed by atoms with Crippen LogP contribution in [0.4, 0.5) is 0 Å². The van der Waals surface area contributed by atoms with Gasteiger partial charge in [0.2, 0.25) is 0 Å². The third-order valence-corrected chi connectivity index (χ3v) is 3.06. The summed E-state index contributed by atoms with van der Waals surface area (Å²) in [6.07, 6.45) is 1.28. The fraction of sp³-hybridized carbons (Fsp3) is 1.00. The van der Waals surface area contributed by atoms with Gasteiger partial charge in [-0.3, -0.25) is 0 Å². The van der Waals surface area contributed by atoms with E-state index in [1.165, 1.54) is 6.42 Å². The van der Waals surface area contributed by atoms with E-state index in [2.05, 4.69) is 46.9 Å². The molecule has 0 bridgehead atoms. The van der Waals surface area contributed by atoms with Crippen molar-refractivity contribution >= 4 is 0 Å². The van der Waals surface area contributed by atoms with Crippen molar-refractivity contribution < 1.29 is 0 Å². The van der Waals surface area contributed by atoms with E-state index in [-0.39, 0.29) is 0 Å². The third-order valence-electron chi connectivity index (χ3n) is 3.06. The molecule has 13 heavy (non-hydrogen) atoms. The second-order valence-electron chi connectivity index (χ2n) is 5.49. The van der Waals surface area contributed by atoms with Gasteiger partial charge >= 0.3 is 0 Å². The summed E-state index contributed by atoms with van der Waals surface area (Å²) in [6, 6.07) is 0. The summed E-state index contributed by atoms with van der Waals surface area (Å²) in [5.41, 5.74) is 0.476. The lowest BCUT2D eigenvalue weighted by atomic mass is 9.78. The third kappa shape index (κ3) is 6.09. The molecule has 0 spiro atoms. The maximum Gasteiger partial charge on any atom is -0.00258 e. The average Bonchev–Trinajstić information content (AvgIpc) is 1.97. The van der Waals surface area contributed by atoms with Crippen LogP contribution in [0.1, 0.15) is 48.0 Å². The topological polar surface area (TPSA) is 12.0 Å². The largest absolute Gasteiger partial charge is 0.316 e. The van der Waals surface area contributed by atoms with E-state index >= 15 is 0 Å². The minimum absolute atomic E-state index is 0.476. The molecule has 1 heteroatoms. The highest BCUT2D eigenvalue weighted by Crippen LogP contribution is 2.29. The summed E-state index contributed by atoms with van der Waals surface area (Å²) < 4.78 is 0. The minimum Gasteiger partial charge on any atom is -0.316 e. The van der Waals surface area contributed by atoms with Gasteiger partial charge in [-0.1, -0.05) is 41.5 Å². The Labute approximate surface area is 84.3 Å². The first-order valence-corrected chi connectivity index (χ1v) is 5.57. The van der Waals surface area contributed by atoms with Crippen LogP contribution >= 0.6 is 0 Å². The van der Waals surface area contributed by atoms with Gasteiger partial charge in [0.05, 0.1) is 0 Å². The maximum atomic E-state index is 3.50. The lowest BCUT2D eigenvalue weighted by molar-refractivity contribution is 0.226. The molecule has 0 aliphatic heterocycles. The fourth-order valence-electron chi connectivity index (χ4n) is 1.09. The molecule has 0 radical (unpaired) electrons. The van der Waals surface area contributed by atoms with E-state index < -0.39 is 0 Å². The van der Waals surface area contributed by atoms with Crippen molar-refractivity contribution in [2.45, 2.75) is 48.0 Å². The first-order chi connectivity index (χ1) is 5.86. The Morgan fingerprint density at radius 3 is 2.00 bits per heavy atom. The molecular weight excluding hydrogens is 158 g/mol. The number of hydrogen-bond acceptors (Lipinski definition) is 1. The molecule has 0 unspecified atom stereocenters. The van der Waals surface area contributed by atoms with Crippen LogP contribution in [0.3, 0.4) is 0 Å². The summed E-state index contributed by atoms with van der Waals surface area (Å²) in [5.74, 6) is 1.54. The molecule has 0 heterocycles. The fourth-order valence-corrected chi connectivity index (χ4v) is 1.09. The quantitative estimate of drug-likeness (QED) is 0.626. The van der Waals surface area contributed by atoms with Crippen molar-refractivity contribution in [3.63, 3.8) is 0 Å². The zero-order chi connectivity index (χ0) is 10.5. The zero-order valence-electron chi connectivity index (χ0n) is 10.3. The summed E-state index contributed by atoms with van der Waals surface area (Å²) in [7, 11) is 0. The maximum absolute atomic E-state index is 3.50. The van der Waals surface area contributed by atoms with Gasteiger partial charge in [0.1, 0.15) is 0 Å². The molecule has 0 aliphatic rings. The average molecular weight is 185 g/mol. The highest BCUT2D eigenvalue weighted by atomic mass is 14.9. The predicted molar refractivity (Wildman–Crippen MR) is 60.9 cm³/mol. The molecule has 0 amide bonds. The summed E-state index contributed by atoms with van der Waals surface area (Å²) in [5, 5.41) is 3.50. The van der Waals surface area contributed by atoms with Crippen LogP contribution in [0.15, 0.2) is 0 Å². The zero-order valence-corrected chi connectivity index (χ0v) is 10.3. The van der Waals surface area contributed by atoms with E-state index in [1.54, 1.807) is 0 Å². The highest BCUT2D eigenvalue weighted by molar-refractivity contribution is 4.73. The van der Waals surface area contributed by atoms with Gasteiger partial charge in [0.15, 0.2) is 0 Å². The summed E-state index contributed by atoms with van der Waals surface area (Å²) in [4.78, 5) is 0. The molecule has 1 N–H and O–H groups in total. The first kappa shape index (κ1) is 13.0. The molecule has 80 valence electrons. The van der Waals surface area contributed by atoms with Gasteiger partial charge in [-0.2, -0.15) is 0 Å². The van der Waals surface area contributed by atoms with Crippen molar-refractivity contribution in [2.75, 3.05) is 13.1 Å². The van der Waals surface area contributed by atoms with Gasteiger partial charge in [-0.25, -0.2) is 0 Å². The normalized spacial score (nSPS) is 12.9. The summed E-state index contributed by atoms with van der Waals surface area (Å²) >= 11 is 0. The van der Waals surface area contributed by atoms with E-state index in [9.17, 15) is 0 Å². The Hall–Kier alpha value is -0.0400. The molecule has 1 nitrogen and oxygen atoms in total. The predicted octanol–water partition coefficient (Wildman–Crippen LogP) is 3.30. The Balaban J connectivity index is 3.52. The standard InChI is InChI=1S/C12H27N/c1-10(2)9-13-8-7-12(5,6)11(3)4/h10-11,13H,7-9H2,1-6H3. The van der Waals surface area contributed by atoms with Crippen molar-refractivity contribution in [1.29, 1.82) is 0 Å². The molecule has 0 aromatic carbocycles. The van der Waals surface area contributed by atoms with Crippen LogP contribution in [-0.2, 0) is 0 Å². The van der Waals surface area contributed by atoms with Crippen molar-refractivity contribution in [2.24, 2.45) is 17.3 Å². The molecule has 0 aromatic heterocycles. The number of hydrogen-bond donors (Lipinski definition) is 1. The van der Waals surface area contributed by atoms with Gasteiger partial charge < -0.3 is 5.32 Å². The number of rotatable bonds is 6. The van der Waals surface area contributed by atoms with E-state index in [4.69, 9.17) is 0 Å². The monoisotopic (exact) mass is 185 g/mol. The minimum atomic E-state index is 0.476. The van der Waals surface area contributed by atoms with Gasteiger partial charge in [0.25, 0.3) is 0 Å². The lowest BCUT2D eigenvalue weighted by Crippen LogP contribution is -2.28. The van der Waals surface area contributed by atoms with Crippen LogP contribution in [0, 0.1) is 17.3 Å². The van der Waals surface area contributed by atoms with Gasteiger partial charge in [-0.05, 0) is 36.8 Å². The molecule has 0 atom stereocenters. The molecule has 0 saturated carbocycles. The van der Waals surface area contributed by atoms with E-state index in [0.717, 1.165) is 24.9 Å². The Morgan fingerprint density at radius 2 is 1.62 bits per heavy atom. The second kappa shape index (κ2) is 5.64. The van der Waals surface area contributed by atoms with E-state index in [1.807, 2.05) is 0 Å². The van der Waals surface area contributed by atoms with Crippen molar-refractivity contribution in [1.82, 2.24) is 5.32 Å². The first-order valence-electron chi connectivity index (χ1n) is 5.57. The SMILES string of the molecule is CC(C)CNCCC(C)(C)C(C)C. The van der Waals surface area contributed by atoms with Crippen LogP contribution in [-0.4, -0.2) is 13.1 Å². The molecule has 0 saturated heterocycles. The van der Waals surface area contributed by atoms with E-state index in [0.29, 0.717) is 5.41 Å². The van der Waals surface area contributed by atoms with Crippen LogP contribution < -0.4 is 5.32 Å². The van der Waals surface area contributed by atoms with Crippen molar-refractivity contribution in [3.8, 4) is 0 Å². The molecule has 0 rings (SSSR count). The Bertz CT molecular complexity index is 125. The Kier molecular flexibility index (Phi) is 5.62. The highest BCUT2D eigenvalue weighted by Gasteiger charge is 2.21. The van der Waals surface area contributed by atoms with Crippen LogP contribution in [0.5, 0.6) is 0 Å². The number of nitrogens with one attached hydrogen (secondary N) is 1. The molecule has 0 aliphatic carbocycles. The van der Waals surface area contributed by atoms with Crippen LogP contribution in [0.25, 0.3) is 0 Å².